The van der Waals surface area contributed by atoms with E-state index in [1.54, 1.807) is 17.2 Å². The van der Waals surface area contributed by atoms with Crippen LogP contribution in [0, 0.1) is 6.92 Å². The third kappa shape index (κ3) is 3.32. The summed E-state index contributed by atoms with van der Waals surface area (Å²) in [6.45, 7) is 2.92. The highest BCUT2D eigenvalue weighted by Crippen LogP contribution is 2.33. The van der Waals surface area contributed by atoms with Crippen molar-refractivity contribution < 1.29 is 14.7 Å². The van der Waals surface area contributed by atoms with Crippen molar-refractivity contribution in [2.45, 2.75) is 37.8 Å². The lowest BCUT2D eigenvalue weighted by Crippen LogP contribution is -2.46. The number of aromatic nitrogens is 1. The maximum atomic E-state index is 12.7. The zero-order valence-corrected chi connectivity index (χ0v) is 15.3. The number of benzene rings is 1. The fourth-order valence-electron chi connectivity index (χ4n) is 3.91. The van der Waals surface area contributed by atoms with Crippen LogP contribution < -0.4 is 5.32 Å². The van der Waals surface area contributed by atoms with Crippen molar-refractivity contribution in [1.29, 1.82) is 0 Å². The van der Waals surface area contributed by atoms with Gasteiger partial charge in [-0.15, -0.1) is 0 Å². The van der Waals surface area contributed by atoms with Crippen LogP contribution in [-0.4, -0.2) is 39.9 Å². The van der Waals surface area contributed by atoms with E-state index in [4.69, 9.17) is 0 Å². The average Bonchev–Trinajstić information content (AvgIpc) is 2.99. The summed E-state index contributed by atoms with van der Waals surface area (Å²) < 4.78 is 0. The van der Waals surface area contributed by atoms with Crippen molar-refractivity contribution in [3.63, 3.8) is 0 Å². The molecule has 0 saturated carbocycles. The summed E-state index contributed by atoms with van der Waals surface area (Å²) in [6.07, 6.45) is 2.92. The van der Waals surface area contributed by atoms with E-state index in [9.17, 15) is 14.7 Å². The molecule has 2 aliphatic heterocycles. The molecular formula is C21H23N3O3. The van der Waals surface area contributed by atoms with Gasteiger partial charge in [0.25, 0.3) is 5.91 Å². The van der Waals surface area contributed by atoms with Crippen molar-refractivity contribution in [2.75, 3.05) is 13.1 Å². The van der Waals surface area contributed by atoms with Crippen LogP contribution in [0.15, 0.2) is 42.6 Å². The number of carbonyl (C=O) groups excluding carboxylic acids is 2. The van der Waals surface area contributed by atoms with E-state index in [2.05, 4.69) is 10.3 Å². The Morgan fingerprint density at radius 2 is 2.00 bits per heavy atom. The average molecular weight is 365 g/mol. The fourth-order valence-corrected chi connectivity index (χ4v) is 3.91. The van der Waals surface area contributed by atoms with E-state index in [0.717, 1.165) is 11.1 Å². The number of pyridine rings is 1. The first-order valence-electron chi connectivity index (χ1n) is 9.29. The molecule has 1 saturated heterocycles. The Hall–Kier alpha value is -2.73. The number of rotatable bonds is 3. The summed E-state index contributed by atoms with van der Waals surface area (Å²) in [5.41, 5.74) is 2.26. The van der Waals surface area contributed by atoms with Crippen LogP contribution in [0.4, 0.5) is 0 Å². The SMILES string of the molecule is Cc1ccc(C2(O)CCN(C(=O)CC3NC(=O)c4ccccc43)CC2)nc1. The van der Waals surface area contributed by atoms with Crippen molar-refractivity contribution in [3.05, 3.63) is 65.0 Å². The molecule has 4 rings (SSSR count). The van der Waals surface area contributed by atoms with Gasteiger partial charge in [-0.2, -0.15) is 0 Å². The first kappa shape index (κ1) is 17.7. The van der Waals surface area contributed by atoms with Crippen LogP contribution in [-0.2, 0) is 10.4 Å². The lowest BCUT2D eigenvalue weighted by molar-refractivity contribution is -0.136. The molecule has 0 spiro atoms. The van der Waals surface area contributed by atoms with Gasteiger partial charge < -0.3 is 15.3 Å². The summed E-state index contributed by atoms with van der Waals surface area (Å²) in [7, 11) is 0. The van der Waals surface area contributed by atoms with Gasteiger partial charge in [0.15, 0.2) is 0 Å². The van der Waals surface area contributed by atoms with Gasteiger partial charge in [0.2, 0.25) is 5.91 Å². The Kier molecular flexibility index (Phi) is 4.44. The maximum absolute atomic E-state index is 12.7. The fraction of sp³-hybridized carbons (Fsp3) is 0.381. The maximum Gasteiger partial charge on any atom is 0.252 e. The molecule has 0 radical (unpaired) electrons. The van der Waals surface area contributed by atoms with Gasteiger partial charge in [-0.05, 0) is 43.0 Å². The number of nitrogens with one attached hydrogen (secondary N) is 1. The van der Waals surface area contributed by atoms with Crippen LogP contribution in [0.3, 0.4) is 0 Å². The standard InChI is InChI=1S/C21H23N3O3/c1-14-6-7-18(22-13-14)21(27)8-10-24(11-9-21)19(25)12-17-15-4-2-3-5-16(15)20(26)23-17/h2-7,13,17,27H,8-12H2,1H3,(H,23,26). The van der Waals surface area contributed by atoms with Gasteiger partial charge in [0.1, 0.15) is 5.60 Å². The zero-order chi connectivity index (χ0) is 19.0. The number of fused-ring (bicyclic) bond motifs is 1. The highest BCUT2D eigenvalue weighted by Gasteiger charge is 2.38. The second-order valence-electron chi connectivity index (χ2n) is 7.45. The summed E-state index contributed by atoms with van der Waals surface area (Å²) in [5, 5.41) is 13.8. The predicted octanol–water partition coefficient (Wildman–Crippen LogP) is 2.07. The molecule has 2 aromatic rings. The minimum absolute atomic E-state index is 0.00378. The molecule has 2 N–H and O–H groups in total. The molecule has 6 heteroatoms. The van der Waals surface area contributed by atoms with E-state index >= 15 is 0 Å². The predicted molar refractivity (Wildman–Crippen MR) is 100.0 cm³/mol. The number of nitrogens with zero attached hydrogens (tertiary/aromatic N) is 2. The van der Waals surface area contributed by atoms with Crippen molar-refractivity contribution in [2.24, 2.45) is 0 Å². The molecule has 2 aliphatic rings. The summed E-state index contributed by atoms with van der Waals surface area (Å²) in [4.78, 5) is 30.9. The van der Waals surface area contributed by atoms with Gasteiger partial charge >= 0.3 is 0 Å². The third-order valence-electron chi connectivity index (χ3n) is 5.60. The van der Waals surface area contributed by atoms with Gasteiger partial charge in [0.05, 0.1) is 18.2 Å². The van der Waals surface area contributed by atoms with Gasteiger partial charge in [-0.1, -0.05) is 24.3 Å². The first-order valence-corrected chi connectivity index (χ1v) is 9.29. The second kappa shape index (κ2) is 6.78. The molecule has 2 amide bonds. The van der Waals surface area contributed by atoms with Gasteiger partial charge in [-0.3, -0.25) is 14.6 Å². The summed E-state index contributed by atoms with van der Waals surface area (Å²) in [6, 6.07) is 10.9. The smallest absolute Gasteiger partial charge is 0.252 e. The third-order valence-corrected chi connectivity index (χ3v) is 5.60. The van der Waals surface area contributed by atoms with E-state index in [-0.39, 0.29) is 24.3 Å². The number of hydrogen-bond donors (Lipinski definition) is 2. The molecule has 3 heterocycles. The molecule has 1 unspecified atom stereocenters. The largest absolute Gasteiger partial charge is 0.383 e. The number of amides is 2. The molecular weight excluding hydrogens is 342 g/mol. The highest BCUT2D eigenvalue weighted by atomic mass is 16.3. The number of aliphatic hydroxyl groups is 1. The number of likely N-dealkylation sites (tertiary alicyclic amines) is 1. The Bertz CT molecular complexity index is 870. The number of carbonyl (C=O) groups is 2. The van der Waals surface area contributed by atoms with Crippen molar-refractivity contribution >= 4 is 11.8 Å². The second-order valence-corrected chi connectivity index (χ2v) is 7.45. The topological polar surface area (TPSA) is 82.5 Å². The van der Waals surface area contributed by atoms with Crippen LogP contribution in [0.5, 0.6) is 0 Å². The molecule has 0 aliphatic carbocycles. The van der Waals surface area contributed by atoms with Crippen LogP contribution in [0.1, 0.15) is 52.5 Å². The summed E-state index contributed by atoms with van der Waals surface area (Å²) in [5.74, 6) is -0.127. The normalized spacial score (nSPS) is 20.9. The van der Waals surface area contributed by atoms with Crippen LogP contribution >= 0.6 is 0 Å². The molecule has 1 aromatic carbocycles. The van der Waals surface area contributed by atoms with Gasteiger partial charge in [0, 0.05) is 24.8 Å². The van der Waals surface area contributed by atoms with Crippen molar-refractivity contribution in [1.82, 2.24) is 15.2 Å². The molecule has 1 atom stereocenters. The molecule has 0 bridgehead atoms. The Labute approximate surface area is 158 Å². The van der Waals surface area contributed by atoms with E-state index < -0.39 is 5.60 Å². The lowest BCUT2D eigenvalue weighted by atomic mass is 9.87. The van der Waals surface area contributed by atoms with E-state index in [1.165, 1.54) is 0 Å². The molecule has 1 aromatic heterocycles. The zero-order valence-electron chi connectivity index (χ0n) is 15.3. The minimum Gasteiger partial charge on any atom is -0.383 e. The highest BCUT2D eigenvalue weighted by molar-refractivity contribution is 5.99. The van der Waals surface area contributed by atoms with E-state index in [0.29, 0.717) is 37.2 Å². The molecule has 27 heavy (non-hydrogen) atoms. The quantitative estimate of drug-likeness (QED) is 0.872. The minimum atomic E-state index is -0.987. The number of piperidine rings is 1. The Morgan fingerprint density at radius 3 is 2.70 bits per heavy atom. The van der Waals surface area contributed by atoms with Gasteiger partial charge in [-0.25, -0.2) is 0 Å². The summed E-state index contributed by atoms with van der Waals surface area (Å²) >= 11 is 0. The van der Waals surface area contributed by atoms with Crippen LogP contribution in [0.25, 0.3) is 0 Å². The molecule has 6 nitrogen and oxygen atoms in total. The monoisotopic (exact) mass is 365 g/mol. The van der Waals surface area contributed by atoms with Crippen molar-refractivity contribution in [3.8, 4) is 0 Å². The molecule has 1 fully saturated rings. The first-order chi connectivity index (χ1) is 13.0. The Balaban J connectivity index is 1.39. The lowest BCUT2D eigenvalue weighted by Gasteiger charge is -2.38. The Morgan fingerprint density at radius 1 is 1.26 bits per heavy atom. The van der Waals surface area contributed by atoms with E-state index in [1.807, 2.05) is 37.3 Å². The number of hydrogen-bond acceptors (Lipinski definition) is 4. The number of aryl methyl sites for hydroxylation is 1. The van der Waals surface area contributed by atoms with Crippen LogP contribution in [0.2, 0.25) is 0 Å². The molecule has 140 valence electrons.